The lowest BCUT2D eigenvalue weighted by Gasteiger charge is -2.06. The largest absolute Gasteiger partial charge is 0.434 e. The zero-order valence-electron chi connectivity index (χ0n) is 6.35. The first-order valence-electron chi connectivity index (χ1n) is 3.16. The second-order valence-corrected chi connectivity index (χ2v) is 2.03. The molecule has 8 heteroatoms. The molecule has 0 bridgehead atoms. The van der Waals surface area contributed by atoms with Gasteiger partial charge in [-0.15, -0.1) is 0 Å². The summed E-state index contributed by atoms with van der Waals surface area (Å²) in [5, 5.41) is 0. The van der Waals surface area contributed by atoms with E-state index in [2.05, 4.69) is 14.7 Å². The summed E-state index contributed by atoms with van der Waals surface area (Å²) in [7, 11) is 0. The molecule has 1 radical (unpaired) electrons. The van der Waals surface area contributed by atoms with Gasteiger partial charge in [0.25, 0.3) is 0 Å². The highest BCUT2D eigenvalue weighted by molar-refractivity contribution is 5.13. The van der Waals surface area contributed by atoms with Crippen molar-refractivity contribution in [3.63, 3.8) is 0 Å². The first kappa shape index (κ1) is 10.6. The van der Waals surface area contributed by atoms with Crippen LogP contribution in [0.25, 0.3) is 0 Å². The summed E-state index contributed by atoms with van der Waals surface area (Å²) >= 11 is 0. The van der Waals surface area contributed by atoms with Crippen LogP contribution in [0, 0.1) is 6.07 Å². The maximum absolute atomic E-state index is 11.9. The van der Waals surface area contributed by atoms with Gasteiger partial charge in [0.1, 0.15) is 6.33 Å². The van der Waals surface area contributed by atoms with Gasteiger partial charge in [-0.25, -0.2) is 9.97 Å². The fourth-order valence-electron chi connectivity index (χ4n) is 0.593. The lowest BCUT2D eigenvalue weighted by molar-refractivity contribution is -0.142. The third kappa shape index (κ3) is 2.79. The number of hydrogen-bond donors (Lipinski definition) is 0. The molecule has 77 valence electrons. The predicted octanol–water partition coefficient (Wildman–Crippen LogP) is 1.90. The molecule has 0 unspecified atom stereocenters. The lowest BCUT2D eigenvalue weighted by Crippen LogP contribution is -2.11. The van der Waals surface area contributed by atoms with Crippen molar-refractivity contribution in [3.05, 3.63) is 18.1 Å². The molecule has 0 N–H and O–H groups in total. The molecular weight excluding hydrogens is 211 g/mol. The lowest BCUT2D eigenvalue weighted by atomic mass is 10.4. The highest BCUT2D eigenvalue weighted by atomic mass is 19.4. The molecular formula is C6H2F5N2O. The highest BCUT2D eigenvalue weighted by Gasteiger charge is 2.33. The average molecular weight is 213 g/mol. The molecule has 0 aliphatic rings. The van der Waals surface area contributed by atoms with Gasteiger partial charge in [0.15, 0.2) is 5.69 Å². The highest BCUT2D eigenvalue weighted by Crippen LogP contribution is 2.28. The van der Waals surface area contributed by atoms with E-state index in [0.29, 0.717) is 6.33 Å². The third-order valence-electron chi connectivity index (χ3n) is 1.06. The van der Waals surface area contributed by atoms with Gasteiger partial charge in [-0.3, -0.25) is 0 Å². The van der Waals surface area contributed by atoms with Gasteiger partial charge in [-0.2, -0.15) is 22.0 Å². The van der Waals surface area contributed by atoms with E-state index in [4.69, 9.17) is 0 Å². The Morgan fingerprint density at radius 2 is 1.93 bits per heavy atom. The van der Waals surface area contributed by atoms with Gasteiger partial charge in [0.05, 0.1) is 6.07 Å². The summed E-state index contributed by atoms with van der Waals surface area (Å²) in [5.74, 6) is -0.942. The van der Waals surface area contributed by atoms with Crippen molar-refractivity contribution in [1.29, 1.82) is 0 Å². The molecule has 0 saturated carbocycles. The molecule has 0 saturated heterocycles. The standard InChI is InChI=1S/C6H2F5N2O/c7-5(8)14-4-1-3(6(9,10)11)12-2-13-4/h2,5H. The minimum atomic E-state index is -4.76. The number of halogens is 5. The van der Waals surface area contributed by atoms with E-state index in [0.717, 1.165) is 0 Å². The first-order valence-corrected chi connectivity index (χ1v) is 3.16. The van der Waals surface area contributed by atoms with Crippen LogP contribution in [0.2, 0.25) is 0 Å². The van der Waals surface area contributed by atoms with E-state index in [-0.39, 0.29) is 0 Å². The van der Waals surface area contributed by atoms with Crippen molar-refractivity contribution in [2.24, 2.45) is 0 Å². The fraction of sp³-hybridized carbons (Fsp3) is 0.333. The van der Waals surface area contributed by atoms with Gasteiger partial charge in [-0.1, -0.05) is 0 Å². The van der Waals surface area contributed by atoms with Gasteiger partial charge in [0, 0.05) is 0 Å². The third-order valence-corrected chi connectivity index (χ3v) is 1.06. The molecule has 0 aliphatic heterocycles. The van der Waals surface area contributed by atoms with Crippen molar-refractivity contribution >= 4 is 0 Å². The molecule has 3 nitrogen and oxygen atoms in total. The van der Waals surface area contributed by atoms with Crippen LogP contribution < -0.4 is 4.74 Å². The summed E-state index contributed by atoms with van der Waals surface area (Å²) < 4.78 is 62.6. The van der Waals surface area contributed by atoms with Gasteiger partial charge < -0.3 is 4.74 Å². The molecule has 1 aromatic rings. The first-order chi connectivity index (χ1) is 6.39. The number of hydrogen-bond acceptors (Lipinski definition) is 3. The quantitative estimate of drug-likeness (QED) is 0.703. The van der Waals surface area contributed by atoms with Crippen LogP contribution >= 0.6 is 0 Å². The van der Waals surface area contributed by atoms with Crippen LogP contribution in [-0.2, 0) is 6.18 Å². The Hall–Kier alpha value is -1.47. The molecule has 1 rings (SSSR count). The van der Waals surface area contributed by atoms with E-state index in [1.807, 2.05) is 0 Å². The second kappa shape index (κ2) is 3.72. The number of alkyl halides is 5. The van der Waals surface area contributed by atoms with Crippen molar-refractivity contribution in [3.8, 4) is 5.88 Å². The van der Waals surface area contributed by atoms with E-state index in [1.165, 1.54) is 6.07 Å². The summed E-state index contributed by atoms with van der Waals surface area (Å²) in [6, 6.07) is 1.47. The minimum Gasteiger partial charge on any atom is -0.416 e. The monoisotopic (exact) mass is 213 g/mol. The van der Waals surface area contributed by atoms with E-state index >= 15 is 0 Å². The number of ether oxygens (including phenoxy) is 1. The zero-order valence-corrected chi connectivity index (χ0v) is 6.35. The zero-order chi connectivity index (χ0) is 10.8. The minimum absolute atomic E-state index is 0.469. The van der Waals surface area contributed by atoms with Gasteiger partial charge in [0.2, 0.25) is 5.88 Å². The summed E-state index contributed by atoms with van der Waals surface area (Å²) in [6.07, 6.45) is -4.29. The van der Waals surface area contributed by atoms with Crippen LogP contribution in [0.5, 0.6) is 5.88 Å². The maximum Gasteiger partial charge on any atom is 0.434 e. The van der Waals surface area contributed by atoms with Crippen molar-refractivity contribution < 1.29 is 26.7 Å². The molecule has 1 heterocycles. The van der Waals surface area contributed by atoms with Crippen LogP contribution in [0.15, 0.2) is 6.33 Å². The summed E-state index contributed by atoms with van der Waals surface area (Å²) in [5.41, 5.74) is -1.46. The van der Waals surface area contributed by atoms with E-state index < -0.39 is 24.4 Å². The molecule has 1 aromatic heterocycles. The molecule has 0 spiro atoms. The summed E-state index contributed by atoms with van der Waals surface area (Å²) in [4.78, 5) is 5.83. The average Bonchev–Trinajstić information content (AvgIpc) is 2.01. The van der Waals surface area contributed by atoms with Crippen LogP contribution in [0.1, 0.15) is 5.69 Å². The van der Waals surface area contributed by atoms with Gasteiger partial charge in [-0.05, 0) is 0 Å². The Kier molecular flexibility index (Phi) is 2.82. The number of aromatic nitrogens is 2. The fourth-order valence-corrected chi connectivity index (χ4v) is 0.593. The summed E-state index contributed by atoms with van der Waals surface area (Å²) in [6.45, 7) is -3.25. The second-order valence-electron chi connectivity index (χ2n) is 2.03. The van der Waals surface area contributed by atoms with Crippen molar-refractivity contribution in [1.82, 2.24) is 9.97 Å². The molecule has 0 atom stereocenters. The van der Waals surface area contributed by atoms with Crippen LogP contribution in [0.4, 0.5) is 22.0 Å². The maximum atomic E-state index is 11.9. The van der Waals surface area contributed by atoms with E-state index in [1.54, 1.807) is 0 Å². The van der Waals surface area contributed by atoms with Gasteiger partial charge >= 0.3 is 12.8 Å². The number of rotatable bonds is 2. The van der Waals surface area contributed by atoms with Crippen molar-refractivity contribution in [2.75, 3.05) is 0 Å². The number of nitrogens with zero attached hydrogens (tertiary/aromatic N) is 2. The molecule has 14 heavy (non-hydrogen) atoms. The normalized spacial score (nSPS) is 11.9. The Morgan fingerprint density at radius 3 is 2.43 bits per heavy atom. The van der Waals surface area contributed by atoms with Crippen molar-refractivity contribution in [2.45, 2.75) is 12.8 Å². The topological polar surface area (TPSA) is 35.0 Å². The smallest absolute Gasteiger partial charge is 0.416 e. The Labute approximate surface area is 74.5 Å². The Morgan fingerprint density at radius 1 is 1.29 bits per heavy atom. The molecule has 0 aliphatic carbocycles. The molecule has 0 fully saturated rings. The molecule has 0 amide bonds. The SMILES string of the molecule is FC(F)Oc1[c]c(C(F)(F)F)ncn1. The predicted molar refractivity (Wildman–Crippen MR) is 32.5 cm³/mol. The van der Waals surface area contributed by atoms with Crippen LogP contribution in [-0.4, -0.2) is 16.6 Å². The Balaban J connectivity index is 2.90. The molecule has 0 aromatic carbocycles. The van der Waals surface area contributed by atoms with E-state index in [9.17, 15) is 22.0 Å². The van der Waals surface area contributed by atoms with Crippen LogP contribution in [0.3, 0.4) is 0 Å². The Bertz CT molecular complexity index is 313.